The molecule has 1 aromatic heterocycles. The van der Waals surface area contributed by atoms with Crippen LogP contribution < -0.4 is 10.1 Å². The summed E-state index contributed by atoms with van der Waals surface area (Å²) in [5.74, 6) is 1.07. The van der Waals surface area contributed by atoms with E-state index in [4.69, 9.17) is 4.74 Å². The van der Waals surface area contributed by atoms with E-state index in [0.717, 1.165) is 0 Å². The van der Waals surface area contributed by atoms with E-state index in [1.165, 1.54) is 12.6 Å². The van der Waals surface area contributed by atoms with Gasteiger partial charge in [-0.15, -0.1) is 0 Å². The topological polar surface area (TPSA) is 81.2 Å². The zero-order chi connectivity index (χ0) is 13.8. The van der Waals surface area contributed by atoms with Gasteiger partial charge in [0.05, 0.1) is 11.9 Å². The number of hydrogen-bond donors (Lipinski definition) is 1. The minimum atomic E-state index is -3.01. The van der Waals surface area contributed by atoms with Crippen LogP contribution in [0.15, 0.2) is 12.4 Å². The smallest absolute Gasteiger partial charge is 0.218 e. The van der Waals surface area contributed by atoms with E-state index < -0.39 is 9.84 Å². The van der Waals surface area contributed by atoms with Crippen molar-refractivity contribution in [1.29, 1.82) is 0 Å². The molecular formula is C11H19N3O3S. The Morgan fingerprint density at radius 3 is 2.56 bits per heavy atom. The molecule has 7 heteroatoms. The van der Waals surface area contributed by atoms with Crippen LogP contribution in [-0.2, 0) is 9.84 Å². The first-order valence-electron chi connectivity index (χ1n) is 5.69. The number of rotatable bonds is 6. The molecule has 0 saturated heterocycles. The van der Waals surface area contributed by atoms with Gasteiger partial charge in [-0.1, -0.05) is 0 Å². The highest BCUT2D eigenvalue weighted by Gasteiger charge is 2.11. The van der Waals surface area contributed by atoms with Gasteiger partial charge in [-0.05, 0) is 20.8 Å². The van der Waals surface area contributed by atoms with E-state index in [1.807, 2.05) is 13.8 Å². The second-order valence-corrected chi connectivity index (χ2v) is 6.73. The molecule has 1 rings (SSSR count). The normalized spacial score (nSPS) is 13.4. The van der Waals surface area contributed by atoms with Crippen LogP contribution in [0.5, 0.6) is 5.88 Å². The molecule has 0 radical (unpaired) electrons. The molecular weight excluding hydrogens is 254 g/mol. The maximum Gasteiger partial charge on any atom is 0.218 e. The maximum absolute atomic E-state index is 11.1. The highest BCUT2D eigenvalue weighted by Crippen LogP contribution is 2.13. The number of nitrogens with zero attached hydrogens (tertiary/aromatic N) is 2. The highest BCUT2D eigenvalue weighted by atomic mass is 32.2. The van der Waals surface area contributed by atoms with Crippen molar-refractivity contribution >= 4 is 15.7 Å². The number of ether oxygens (including phenoxy) is 1. The fraction of sp³-hybridized carbons (Fsp3) is 0.636. The quantitative estimate of drug-likeness (QED) is 0.836. The summed E-state index contributed by atoms with van der Waals surface area (Å²) in [5.41, 5.74) is 0. The highest BCUT2D eigenvalue weighted by molar-refractivity contribution is 7.90. The molecule has 6 nitrogen and oxygen atoms in total. The second kappa shape index (κ2) is 5.99. The molecule has 0 aromatic carbocycles. The lowest BCUT2D eigenvalue weighted by Crippen LogP contribution is -2.25. The van der Waals surface area contributed by atoms with Gasteiger partial charge < -0.3 is 10.1 Å². The largest absolute Gasteiger partial charge is 0.475 e. The number of aromatic nitrogens is 2. The first-order chi connectivity index (χ1) is 8.26. The van der Waals surface area contributed by atoms with Crippen LogP contribution in [0.1, 0.15) is 20.8 Å². The first-order valence-corrected chi connectivity index (χ1v) is 7.75. The molecule has 1 atom stereocenters. The Hall–Kier alpha value is -1.37. The second-order valence-electron chi connectivity index (χ2n) is 4.55. The van der Waals surface area contributed by atoms with Gasteiger partial charge in [0.2, 0.25) is 5.88 Å². The minimum Gasteiger partial charge on any atom is -0.475 e. The van der Waals surface area contributed by atoms with Gasteiger partial charge in [-0.25, -0.2) is 18.4 Å². The van der Waals surface area contributed by atoms with Crippen molar-refractivity contribution in [2.75, 3.05) is 17.3 Å². The molecule has 0 amide bonds. The molecule has 0 fully saturated rings. The fourth-order valence-corrected chi connectivity index (χ4v) is 2.46. The third kappa shape index (κ3) is 5.81. The van der Waals surface area contributed by atoms with Gasteiger partial charge >= 0.3 is 0 Å². The molecule has 0 aliphatic rings. The zero-order valence-electron chi connectivity index (χ0n) is 11.0. The van der Waals surface area contributed by atoms with Crippen LogP contribution in [0.4, 0.5) is 5.82 Å². The molecule has 102 valence electrons. The molecule has 0 aliphatic carbocycles. The summed E-state index contributed by atoms with van der Waals surface area (Å²) in [5, 5.41) is 3.00. The van der Waals surface area contributed by atoms with Crippen molar-refractivity contribution in [3.8, 4) is 5.88 Å². The van der Waals surface area contributed by atoms with Crippen molar-refractivity contribution in [2.24, 2.45) is 0 Å². The van der Waals surface area contributed by atoms with E-state index >= 15 is 0 Å². The molecule has 0 aliphatic heterocycles. The van der Waals surface area contributed by atoms with Crippen LogP contribution in [0.2, 0.25) is 0 Å². The Morgan fingerprint density at radius 1 is 1.33 bits per heavy atom. The molecule has 0 saturated carbocycles. The maximum atomic E-state index is 11.1. The Kier molecular flexibility index (Phi) is 4.89. The van der Waals surface area contributed by atoms with E-state index in [-0.39, 0.29) is 17.9 Å². The van der Waals surface area contributed by atoms with Gasteiger partial charge in [0.25, 0.3) is 0 Å². The van der Waals surface area contributed by atoms with Gasteiger partial charge in [-0.2, -0.15) is 0 Å². The van der Waals surface area contributed by atoms with Gasteiger partial charge in [0.1, 0.15) is 22.0 Å². The number of hydrogen-bond acceptors (Lipinski definition) is 6. The van der Waals surface area contributed by atoms with E-state index in [0.29, 0.717) is 11.7 Å². The summed E-state index contributed by atoms with van der Waals surface area (Å²) < 4.78 is 27.7. The van der Waals surface area contributed by atoms with Crippen molar-refractivity contribution in [1.82, 2.24) is 9.97 Å². The van der Waals surface area contributed by atoms with E-state index in [9.17, 15) is 8.42 Å². The average molecular weight is 273 g/mol. The lowest BCUT2D eigenvalue weighted by molar-refractivity contribution is 0.232. The summed E-state index contributed by atoms with van der Waals surface area (Å²) in [6.45, 7) is 5.59. The van der Waals surface area contributed by atoms with Crippen LogP contribution in [0, 0.1) is 0 Å². The third-order valence-corrected chi connectivity index (χ3v) is 3.05. The van der Waals surface area contributed by atoms with Crippen molar-refractivity contribution in [3.05, 3.63) is 12.4 Å². The molecule has 1 heterocycles. The van der Waals surface area contributed by atoms with Gasteiger partial charge in [0.15, 0.2) is 0 Å². The molecule has 18 heavy (non-hydrogen) atoms. The Bertz CT molecular complexity index is 488. The van der Waals surface area contributed by atoms with Gasteiger partial charge in [-0.3, -0.25) is 0 Å². The minimum absolute atomic E-state index is 0.0289. The monoisotopic (exact) mass is 273 g/mol. The molecule has 1 aromatic rings. The summed E-state index contributed by atoms with van der Waals surface area (Å²) in [6, 6.07) is 1.43. The predicted octanol–water partition coefficient (Wildman–Crippen LogP) is 1.11. The zero-order valence-corrected chi connectivity index (χ0v) is 11.9. The Labute approximate surface area is 108 Å². The van der Waals surface area contributed by atoms with Crippen LogP contribution in [0.25, 0.3) is 0 Å². The summed E-state index contributed by atoms with van der Waals surface area (Å²) in [4.78, 5) is 7.99. The Morgan fingerprint density at radius 2 is 2.00 bits per heavy atom. The SMILES string of the molecule is CC(CS(C)(=O)=O)Nc1cc(OC(C)C)ncn1. The van der Waals surface area contributed by atoms with Gasteiger partial charge in [0, 0.05) is 18.4 Å². The summed E-state index contributed by atoms with van der Waals surface area (Å²) in [7, 11) is -3.01. The Balaban J connectivity index is 2.67. The van der Waals surface area contributed by atoms with Crippen LogP contribution in [0.3, 0.4) is 0 Å². The number of sulfone groups is 1. The molecule has 0 bridgehead atoms. The van der Waals surface area contributed by atoms with Crippen molar-refractivity contribution < 1.29 is 13.2 Å². The first kappa shape index (κ1) is 14.7. The molecule has 1 N–H and O–H groups in total. The van der Waals surface area contributed by atoms with Crippen molar-refractivity contribution in [3.63, 3.8) is 0 Å². The number of nitrogens with one attached hydrogen (secondary N) is 1. The lowest BCUT2D eigenvalue weighted by Gasteiger charge is -2.14. The van der Waals surface area contributed by atoms with E-state index in [1.54, 1.807) is 13.0 Å². The average Bonchev–Trinajstić information content (AvgIpc) is 2.13. The van der Waals surface area contributed by atoms with Crippen LogP contribution >= 0.6 is 0 Å². The number of anilines is 1. The fourth-order valence-electron chi connectivity index (χ4n) is 1.47. The molecule has 0 spiro atoms. The molecule has 1 unspecified atom stereocenters. The third-order valence-electron chi connectivity index (χ3n) is 1.95. The summed E-state index contributed by atoms with van der Waals surface area (Å²) >= 11 is 0. The summed E-state index contributed by atoms with van der Waals surface area (Å²) in [6.07, 6.45) is 2.62. The van der Waals surface area contributed by atoms with E-state index in [2.05, 4.69) is 15.3 Å². The van der Waals surface area contributed by atoms with Crippen molar-refractivity contribution in [2.45, 2.75) is 32.9 Å². The van der Waals surface area contributed by atoms with Crippen LogP contribution in [-0.4, -0.2) is 42.5 Å². The lowest BCUT2D eigenvalue weighted by atomic mass is 10.4. The standard InChI is InChI=1S/C11H19N3O3S/c1-8(2)17-11-5-10(12-7-13-11)14-9(3)6-18(4,15)16/h5,7-9H,6H2,1-4H3,(H,12,13,14). The predicted molar refractivity (Wildman–Crippen MR) is 70.6 cm³/mol.